The number of rotatable bonds is 8. The number of aromatic amines is 1. The molecule has 0 bridgehead atoms. The monoisotopic (exact) mass is 357 g/mol. The van der Waals surface area contributed by atoms with Crippen LogP contribution in [0.1, 0.15) is 55.5 Å². The van der Waals surface area contributed by atoms with Gasteiger partial charge >= 0.3 is 5.97 Å². The quantitative estimate of drug-likeness (QED) is 0.670. The van der Waals surface area contributed by atoms with Gasteiger partial charge in [-0.2, -0.15) is 5.21 Å². The van der Waals surface area contributed by atoms with E-state index in [0.29, 0.717) is 18.2 Å². The molecule has 1 aromatic heterocycles. The largest absolute Gasteiger partial charge is 0.481 e. The summed E-state index contributed by atoms with van der Waals surface area (Å²) in [5.41, 5.74) is 2.44. The Hall–Kier alpha value is -2.28. The number of nitrogens with zero attached hydrogens (tertiary/aromatic N) is 3. The van der Waals surface area contributed by atoms with Crippen molar-refractivity contribution < 1.29 is 9.90 Å². The molecule has 7 nitrogen and oxygen atoms in total. The fraction of sp³-hybridized carbons (Fsp3) is 0.579. The van der Waals surface area contributed by atoms with Crippen LogP contribution in [0.3, 0.4) is 0 Å². The van der Waals surface area contributed by atoms with Crippen molar-refractivity contribution in [2.24, 2.45) is 11.8 Å². The molecule has 0 radical (unpaired) electrons. The molecule has 7 heteroatoms. The lowest BCUT2D eigenvalue weighted by Crippen LogP contribution is -2.30. The van der Waals surface area contributed by atoms with Gasteiger partial charge in [0.05, 0.1) is 5.92 Å². The van der Waals surface area contributed by atoms with Gasteiger partial charge in [-0.3, -0.25) is 4.79 Å². The first kappa shape index (κ1) is 18.5. The number of benzene rings is 1. The lowest BCUT2D eigenvalue weighted by atomic mass is 9.77. The number of carboxylic acid groups (broad SMARTS) is 1. The fourth-order valence-corrected chi connectivity index (χ4v) is 3.89. The van der Waals surface area contributed by atoms with Crippen molar-refractivity contribution in [3.05, 3.63) is 41.2 Å². The maximum atomic E-state index is 12.0. The molecule has 1 saturated heterocycles. The first-order chi connectivity index (χ1) is 12.6. The van der Waals surface area contributed by atoms with Gasteiger partial charge in [-0.25, -0.2) is 0 Å². The first-order valence-electron chi connectivity index (χ1n) is 9.35. The highest BCUT2D eigenvalue weighted by molar-refractivity contribution is 5.71. The van der Waals surface area contributed by atoms with Crippen LogP contribution < -0.4 is 5.32 Å². The van der Waals surface area contributed by atoms with E-state index in [1.807, 2.05) is 13.8 Å². The molecule has 3 N–H and O–H groups in total. The van der Waals surface area contributed by atoms with E-state index in [9.17, 15) is 9.90 Å². The maximum absolute atomic E-state index is 12.0. The second-order valence-corrected chi connectivity index (χ2v) is 7.26. The van der Waals surface area contributed by atoms with Crippen LogP contribution >= 0.6 is 0 Å². The lowest BCUT2D eigenvalue weighted by Gasteiger charge is -2.26. The molecule has 0 amide bonds. The average Bonchev–Trinajstić information content (AvgIpc) is 3.35. The van der Waals surface area contributed by atoms with Crippen LogP contribution in [0.5, 0.6) is 0 Å². The van der Waals surface area contributed by atoms with Gasteiger partial charge in [-0.15, -0.1) is 10.2 Å². The molecule has 2 aromatic rings. The van der Waals surface area contributed by atoms with Crippen LogP contribution in [0, 0.1) is 11.8 Å². The number of aliphatic carboxylic acids is 1. The van der Waals surface area contributed by atoms with Crippen molar-refractivity contribution in [2.75, 3.05) is 13.1 Å². The molecule has 1 aliphatic heterocycles. The van der Waals surface area contributed by atoms with Crippen LogP contribution in [0.15, 0.2) is 24.3 Å². The summed E-state index contributed by atoms with van der Waals surface area (Å²) in [5, 5.41) is 27.5. The third-order valence-corrected chi connectivity index (χ3v) is 5.64. The highest BCUT2D eigenvalue weighted by atomic mass is 16.4. The molecule has 1 aromatic carbocycles. The molecular formula is C19H27N5O2. The topological polar surface area (TPSA) is 104 Å². The number of H-pyrrole nitrogens is 1. The second-order valence-electron chi connectivity index (χ2n) is 7.26. The van der Waals surface area contributed by atoms with E-state index >= 15 is 0 Å². The Morgan fingerprint density at radius 1 is 1.35 bits per heavy atom. The molecule has 0 saturated carbocycles. The summed E-state index contributed by atoms with van der Waals surface area (Å²) in [7, 11) is 0. The van der Waals surface area contributed by atoms with Crippen LogP contribution in [-0.4, -0.2) is 44.8 Å². The van der Waals surface area contributed by atoms with Crippen LogP contribution in [-0.2, 0) is 11.2 Å². The zero-order valence-corrected chi connectivity index (χ0v) is 15.4. The normalized spacial score (nSPS) is 20.6. The van der Waals surface area contributed by atoms with Crippen LogP contribution in [0.4, 0.5) is 0 Å². The zero-order chi connectivity index (χ0) is 18.5. The highest BCUT2D eigenvalue weighted by Crippen LogP contribution is 2.33. The number of carboxylic acids is 1. The maximum Gasteiger partial charge on any atom is 0.307 e. The minimum Gasteiger partial charge on any atom is -0.481 e. The molecule has 3 rings (SSSR count). The third-order valence-electron chi connectivity index (χ3n) is 5.64. The molecule has 0 aliphatic carbocycles. The van der Waals surface area contributed by atoms with Gasteiger partial charge in [-0.05, 0) is 42.3 Å². The number of carbonyl (C=O) groups is 1. The summed E-state index contributed by atoms with van der Waals surface area (Å²) in [5.74, 6) is -0.579. The Labute approximate surface area is 153 Å². The number of nitrogens with one attached hydrogen (secondary N) is 2. The van der Waals surface area contributed by atoms with Gasteiger partial charge in [0.25, 0.3) is 0 Å². The van der Waals surface area contributed by atoms with E-state index in [1.165, 1.54) is 12.0 Å². The zero-order valence-electron chi connectivity index (χ0n) is 15.4. The minimum atomic E-state index is -0.803. The van der Waals surface area contributed by atoms with E-state index in [-0.39, 0.29) is 11.8 Å². The predicted molar refractivity (Wildman–Crippen MR) is 97.9 cm³/mol. The van der Waals surface area contributed by atoms with Gasteiger partial charge in [0, 0.05) is 12.5 Å². The van der Waals surface area contributed by atoms with Crippen molar-refractivity contribution in [3.8, 4) is 0 Å². The van der Waals surface area contributed by atoms with Crippen LogP contribution in [0.25, 0.3) is 0 Å². The Balaban J connectivity index is 1.82. The molecule has 140 valence electrons. The van der Waals surface area contributed by atoms with Gasteiger partial charge in [0.15, 0.2) is 5.82 Å². The first-order valence-corrected chi connectivity index (χ1v) is 9.35. The lowest BCUT2D eigenvalue weighted by molar-refractivity contribution is -0.144. The van der Waals surface area contributed by atoms with E-state index in [4.69, 9.17) is 0 Å². The van der Waals surface area contributed by atoms with Crippen molar-refractivity contribution in [2.45, 2.75) is 44.9 Å². The number of hydrogen-bond acceptors (Lipinski definition) is 5. The van der Waals surface area contributed by atoms with Gasteiger partial charge in [0.1, 0.15) is 0 Å². The summed E-state index contributed by atoms with van der Waals surface area (Å²) < 4.78 is 0. The highest BCUT2D eigenvalue weighted by Gasteiger charge is 2.36. The number of hydrogen-bond donors (Lipinski definition) is 3. The standard InChI is InChI=1S/C19H27N5O2/c1-3-12(2)17(19(25)26)16(18-21-23-24-22-18)10-13-4-6-14(7-5-13)15-8-9-20-11-15/h4-7,12,15-17,20H,3,8-11H2,1-2H3,(H,25,26)(H,21,22,23,24)/t12-,15?,16-,17-/m0/s1. The van der Waals surface area contributed by atoms with Crippen molar-refractivity contribution in [1.82, 2.24) is 25.9 Å². The molecule has 4 atom stereocenters. The van der Waals surface area contributed by atoms with Gasteiger partial charge in [-0.1, -0.05) is 49.7 Å². The Morgan fingerprint density at radius 2 is 2.12 bits per heavy atom. The molecule has 1 fully saturated rings. The van der Waals surface area contributed by atoms with E-state index < -0.39 is 11.9 Å². The Morgan fingerprint density at radius 3 is 2.65 bits per heavy atom. The number of tetrazole rings is 1. The Bertz CT molecular complexity index is 695. The molecule has 1 unspecified atom stereocenters. The summed E-state index contributed by atoms with van der Waals surface area (Å²) in [6.45, 7) is 6.09. The van der Waals surface area contributed by atoms with Gasteiger partial charge in [0.2, 0.25) is 0 Å². The number of aromatic nitrogens is 4. The summed E-state index contributed by atoms with van der Waals surface area (Å²) >= 11 is 0. The summed E-state index contributed by atoms with van der Waals surface area (Å²) in [6.07, 6.45) is 2.54. The second kappa shape index (κ2) is 8.40. The van der Waals surface area contributed by atoms with Crippen molar-refractivity contribution in [3.63, 3.8) is 0 Å². The molecule has 1 aliphatic rings. The van der Waals surface area contributed by atoms with Gasteiger partial charge < -0.3 is 10.4 Å². The van der Waals surface area contributed by atoms with Crippen molar-refractivity contribution >= 4 is 5.97 Å². The van der Waals surface area contributed by atoms with E-state index in [1.54, 1.807) is 0 Å². The van der Waals surface area contributed by atoms with Crippen molar-refractivity contribution in [1.29, 1.82) is 0 Å². The Kier molecular flexibility index (Phi) is 5.98. The molecule has 26 heavy (non-hydrogen) atoms. The third kappa shape index (κ3) is 4.09. The summed E-state index contributed by atoms with van der Waals surface area (Å²) in [4.78, 5) is 12.0. The van der Waals surface area contributed by atoms with E-state index in [2.05, 4.69) is 50.2 Å². The molecular weight excluding hydrogens is 330 g/mol. The molecule has 0 spiro atoms. The smallest absolute Gasteiger partial charge is 0.307 e. The average molecular weight is 357 g/mol. The summed E-state index contributed by atoms with van der Waals surface area (Å²) in [6, 6.07) is 8.55. The minimum absolute atomic E-state index is 0.0276. The van der Waals surface area contributed by atoms with E-state index in [0.717, 1.165) is 25.1 Å². The fourth-order valence-electron chi connectivity index (χ4n) is 3.89. The SMILES string of the molecule is CC[C@H](C)[C@H](C(=O)O)[C@H](Cc1ccc(C2CCNC2)cc1)c1nn[nH]n1. The predicted octanol–water partition coefficient (Wildman–Crippen LogP) is 2.35. The van der Waals surface area contributed by atoms with Crippen LogP contribution in [0.2, 0.25) is 0 Å². The molecule has 2 heterocycles.